The van der Waals surface area contributed by atoms with Crippen molar-refractivity contribution in [3.8, 4) is 17.2 Å². The smallest absolute Gasteiger partial charge is 0.344 e. The molecule has 0 fully saturated rings. The Balaban J connectivity index is 2.45. The number of carbonyl (C=O) groups excluding carboxylic acids is 1. The van der Waals surface area contributed by atoms with Crippen LogP contribution in [0.1, 0.15) is 10.4 Å². The highest BCUT2D eigenvalue weighted by molar-refractivity contribution is 5.93. The zero-order valence-corrected chi connectivity index (χ0v) is 13.1. The van der Waals surface area contributed by atoms with Crippen molar-refractivity contribution in [2.45, 2.75) is 0 Å². The van der Waals surface area contributed by atoms with Gasteiger partial charge in [-0.2, -0.15) is 0 Å². The zero-order chi connectivity index (χ0) is 18.6. The van der Waals surface area contributed by atoms with Gasteiger partial charge in [0, 0.05) is 12.1 Å². The van der Waals surface area contributed by atoms with E-state index in [-0.39, 0.29) is 22.8 Å². The number of non-ortho nitro benzene ring substituents is 2. The van der Waals surface area contributed by atoms with Gasteiger partial charge in [0.25, 0.3) is 11.4 Å². The molecule has 25 heavy (non-hydrogen) atoms. The Hall–Kier alpha value is -3.69. The number of rotatable bonds is 6. The standard InChI is InChI=1S/C15H12N2O8/c1-23-12-4-3-5-13(24-2)14(12)25-15(18)9-6-10(16(19)20)8-11(7-9)17(21)22/h3-8H,1-2H3. The molecule has 2 rings (SSSR count). The molecule has 0 N–H and O–H groups in total. The van der Waals surface area contributed by atoms with Crippen molar-refractivity contribution >= 4 is 17.3 Å². The van der Waals surface area contributed by atoms with Crippen LogP contribution in [-0.4, -0.2) is 30.0 Å². The van der Waals surface area contributed by atoms with Crippen LogP contribution in [0.25, 0.3) is 0 Å². The van der Waals surface area contributed by atoms with Gasteiger partial charge >= 0.3 is 5.97 Å². The maximum absolute atomic E-state index is 12.3. The molecule has 2 aromatic carbocycles. The number of carbonyl (C=O) groups is 1. The first kappa shape index (κ1) is 17.7. The van der Waals surface area contributed by atoms with Crippen LogP contribution in [-0.2, 0) is 0 Å². The van der Waals surface area contributed by atoms with E-state index in [9.17, 15) is 25.0 Å². The number of nitro groups is 2. The molecule has 0 aliphatic heterocycles. The van der Waals surface area contributed by atoms with E-state index in [1.807, 2.05) is 0 Å². The molecule has 0 saturated heterocycles. The molecule has 0 aliphatic carbocycles. The number of para-hydroxylation sites is 1. The first-order chi connectivity index (χ1) is 11.9. The summed E-state index contributed by atoms with van der Waals surface area (Å²) in [7, 11) is 2.70. The number of hydrogen-bond donors (Lipinski definition) is 0. The first-order valence-corrected chi connectivity index (χ1v) is 6.74. The lowest BCUT2D eigenvalue weighted by molar-refractivity contribution is -0.394. The fourth-order valence-corrected chi connectivity index (χ4v) is 1.99. The number of hydrogen-bond acceptors (Lipinski definition) is 8. The minimum absolute atomic E-state index is 0.0494. The average molecular weight is 348 g/mol. The Labute approximate surface area is 140 Å². The third-order valence-corrected chi connectivity index (χ3v) is 3.14. The molecule has 0 heterocycles. The Morgan fingerprint density at radius 1 is 0.920 bits per heavy atom. The van der Waals surface area contributed by atoms with Crippen LogP contribution in [0.5, 0.6) is 17.2 Å². The van der Waals surface area contributed by atoms with Gasteiger partial charge in [-0.15, -0.1) is 0 Å². The van der Waals surface area contributed by atoms with Gasteiger partial charge in [0.2, 0.25) is 5.75 Å². The molecule has 0 spiro atoms. The van der Waals surface area contributed by atoms with E-state index in [4.69, 9.17) is 14.2 Å². The van der Waals surface area contributed by atoms with Crippen molar-refractivity contribution in [1.29, 1.82) is 0 Å². The Morgan fingerprint density at radius 3 is 1.80 bits per heavy atom. The van der Waals surface area contributed by atoms with Gasteiger partial charge in [-0.05, 0) is 12.1 Å². The molecule has 0 amide bonds. The summed E-state index contributed by atoms with van der Waals surface area (Å²) in [5, 5.41) is 21.8. The van der Waals surface area contributed by atoms with Gasteiger partial charge < -0.3 is 14.2 Å². The molecule has 0 radical (unpaired) electrons. The van der Waals surface area contributed by atoms with Crippen molar-refractivity contribution < 1.29 is 28.9 Å². The summed E-state index contributed by atoms with van der Waals surface area (Å²) in [4.78, 5) is 32.4. The summed E-state index contributed by atoms with van der Waals surface area (Å²) >= 11 is 0. The fourth-order valence-electron chi connectivity index (χ4n) is 1.99. The average Bonchev–Trinajstić information content (AvgIpc) is 2.61. The summed E-state index contributed by atoms with van der Waals surface area (Å²) in [5.41, 5.74) is -1.56. The molecule has 10 heteroatoms. The minimum atomic E-state index is -1.03. The van der Waals surface area contributed by atoms with Crippen LogP contribution < -0.4 is 14.2 Å². The molecule has 10 nitrogen and oxygen atoms in total. The number of benzene rings is 2. The van der Waals surface area contributed by atoms with Crippen LogP contribution in [0, 0.1) is 20.2 Å². The number of ether oxygens (including phenoxy) is 3. The van der Waals surface area contributed by atoms with E-state index in [1.165, 1.54) is 26.4 Å². The van der Waals surface area contributed by atoms with Crippen LogP contribution in [0.15, 0.2) is 36.4 Å². The van der Waals surface area contributed by atoms with Gasteiger partial charge in [-0.1, -0.05) is 6.07 Å². The van der Waals surface area contributed by atoms with Gasteiger partial charge in [0.15, 0.2) is 11.5 Å². The van der Waals surface area contributed by atoms with Gasteiger partial charge in [-0.3, -0.25) is 20.2 Å². The highest BCUT2D eigenvalue weighted by atomic mass is 16.6. The van der Waals surface area contributed by atoms with E-state index >= 15 is 0 Å². The topological polar surface area (TPSA) is 131 Å². The number of nitro benzene ring substituents is 2. The highest BCUT2D eigenvalue weighted by Gasteiger charge is 2.23. The molecule has 0 bridgehead atoms. The molecule has 2 aromatic rings. The number of methoxy groups -OCH3 is 2. The van der Waals surface area contributed by atoms with Crippen LogP contribution in [0.4, 0.5) is 11.4 Å². The first-order valence-electron chi connectivity index (χ1n) is 6.74. The van der Waals surface area contributed by atoms with E-state index in [2.05, 4.69) is 0 Å². The second-order valence-corrected chi connectivity index (χ2v) is 4.63. The van der Waals surface area contributed by atoms with Crippen molar-refractivity contribution in [2.75, 3.05) is 14.2 Å². The van der Waals surface area contributed by atoms with Crippen LogP contribution in [0.3, 0.4) is 0 Å². The lowest BCUT2D eigenvalue weighted by Crippen LogP contribution is -2.11. The lowest BCUT2D eigenvalue weighted by atomic mass is 10.1. The van der Waals surface area contributed by atoms with E-state index in [1.54, 1.807) is 6.07 Å². The van der Waals surface area contributed by atoms with Crippen LogP contribution >= 0.6 is 0 Å². The summed E-state index contributed by atoms with van der Waals surface area (Å²) in [5.74, 6) is -0.707. The summed E-state index contributed by atoms with van der Waals surface area (Å²) in [6.07, 6.45) is 0. The molecular formula is C15H12N2O8. The maximum Gasteiger partial charge on any atom is 0.344 e. The third kappa shape index (κ3) is 3.80. The number of nitrogens with zero attached hydrogens (tertiary/aromatic N) is 2. The van der Waals surface area contributed by atoms with E-state index in [0.717, 1.165) is 18.2 Å². The third-order valence-electron chi connectivity index (χ3n) is 3.14. The molecule has 0 unspecified atom stereocenters. The molecule has 0 aromatic heterocycles. The lowest BCUT2D eigenvalue weighted by Gasteiger charge is -2.12. The van der Waals surface area contributed by atoms with Gasteiger partial charge in [0.05, 0.1) is 35.7 Å². The van der Waals surface area contributed by atoms with Crippen molar-refractivity contribution in [3.63, 3.8) is 0 Å². The van der Waals surface area contributed by atoms with Crippen molar-refractivity contribution in [2.24, 2.45) is 0 Å². The number of esters is 1. The molecule has 130 valence electrons. The van der Waals surface area contributed by atoms with Gasteiger partial charge in [-0.25, -0.2) is 4.79 Å². The fraction of sp³-hybridized carbons (Fsp3) is 0.133. The second kappa shape index (κ2) is 7.25. The Bertz CT molecular complexity index is 795. The predicted octanol–water partition coefficient (Wildman–Crippen LogP) is 2.74. The van der Waals surface area contributed by atoms with E-state index in [0.29, 0.717) is 0 Å². The van der Waals surface area contributed by atoms with E-state index < -0.39 is 27.2 Å². The molecule has 0 aliphatic rings. The quantitative estimate of drug-likeness (QED) is 0.337. The molecule has 0 atom stereocenters. The predicted molar refractivity (Wildman–Crippen MR) is 84.3 cm³/mol. The summed E-state index contributed by atoms with van der Waals surface area (Å²) in [6.45, 7) is 0. The second-order valence-electron chi connectivity index (χ2n) is 4.63. The van der Waals surface area contributed by atoms with Gasteiger partial charge in [0.1, 0.15) is 0 Å². The molecular weight excluding hydrogens is 336 g/mol. The largest absolute Gasteiger partial charge is 0.493 e. The SMILES string of the molecule is COc1cccc(OC)c1OC(=O)c1cc([N+](=O)[O-])cc([N+](=O)[O-])c1. The molecule has 0 saturated carbocycles. The normalized spacial score (nSPS) is 10.0. The van der Waals surface area contributed by atoms with Crippen LogP contribution in [0.2, 0.25) is 0 Å². The van der Waals surface area contributed by atoms with Crippen molar-refractivity contribution in [3.05, 3.63) is 62.2 Å². The Kier molecular flexibility index (Phi) is 5.12. The minimum Gasteiger partial charge on any atom is -0.493 e. The van der Waals surface area contributed by atoms with Crippen molar-refractivity contribution in [1.82, 2.24) is 0 Å². The monoisotopic (exact) mass is 348 g/mol. The maximum atomic E-state index is 12.3. The summed E-state index contributed by atoms with van der Waals surface area (Å²) < 4.78 is 15.3. The Morgan fingerprint density at radius 2 is 1.40 bits per heavy atom. The zero-order valence-electron chi connectivity index (χ0n) is 13.1. The highest BCUT2D eigenvalue weighted by Crippen LogP contribution is 2.37. The summed E-state index contributed by atoms with van der Waals surface area (Å²) in [6, 6.07) is 7.16.